The Hall–Kier alpha value is -1.32. The first-order valence-corrected chi connectivity index (χ1v) is 4.00. The Labute approximate surface area is 77.5 Å². The van der Waals surface area contributed by atoms with Gasteiger partial charge in [0.05, 0.1) is 13.2 Å². The van der Waals surface area contributed by atoms with Crippen LogP contribution in [-0.4, -0.2) is 25.2 Å². The highest BCUT2D eigenvalue weighted by Crippen LogP contribution is 1.93. The van der Waals surface area contributed by atoms with Crippen molar-refractivity contribution in [3.05, 3.63) is 12.2 Å². The van der Waals surface area contributed by atoms with Crippen LogP contribution in [0.5, 0.6) is 0 Å². The molecule has 74 valence electrons. The molecule has 0 aromatic rings. The molecule has 4 heteroatoms. The lowest BCUT2D eigenvalue weighted by Gasteiger charge is -2.03. The molecule has 0 unspecified atom stereocenters. The Morgan fingerprint density at radius 3 is 2.15 bits per heavy atom. The van der Waals surface area contributed by atoms with Gasteiger partial charge in [-0.2, -0.15) is 0 Å². The van der Waals surface area contributed by atoms with Crippen molar-refractivity contribution in [2.45, 2.75) is 20.3 Å². The van der Waals surface area contributed by atoms with Gasteiger partial charge in [0.15, 0.2) is 0 Å². The summed E-state index contributed by atoms with van der Waals surface area (Å²) in [7, 11) is 0. The van der Waals surface area contributed by atoms with Gasteiger partial charge in [-0.05, 0) is 6.92 Å². The van der Waals surface area contributed by atoms with E-state index in [2.05, 4.69) is 11.3 Å². The standard InChI is InChI=1S/C9H14O4/c1-7(2)9(11)13-6-4-5-12-8(3)10/h1,4-6H2,2-3H3. The minimum atomic E-state index is -0.414. The van der Waals surface area contributed by atoms with Gasteiger partial charge in [0.25, 0.3) is 0 Å². The summed E-state index contributed by atoms with van der Waals surface area (Å²) in [6.45, 7) is 6.86. The first kappa shape index (κ1) is 11.7. The number of hydrogen-bond acceptors (Lipinski definition) is 4. The molecule has 0 saturated carbocycles. The van der Waals surface area contributed by atoms with Crippen LogP contribution >= 0.6 is 0 Å². The van der Waals surface area contributed by atoms with Crippen molar-refractivity contribution >= 4 is 11.9 Å². The van der Waals surface area contributed by atoms with Gasteiger partial charge in [-0.3, -0.25) is 4.79 Å². The lowest BCUT2D eigenvalue weighted by Crippen LogP contribution is -2.09. The highest BCUT2D eigenvalue weighted by atomic mass is 16.5. The van der Waals surface area contributed by atoms with Crippen LogP contribution in [0.4, 0.5) is 0 Å². The van der Waals surface area contributed by atoms with Crippen LogP contribution in [0, 0.1) is 0 Å². The van der Waals surface area contributed by atoms with Gasteiger partial charge in [0.2, 0.25) is 0 Å². The normalized spacial score (nSPS) is 9.08. The minimum absolute atomic E-state index is 0.249. The number of carbonyl (C=O) groups excluding carboxylic acids is 2. The van der Waals surface area contributed by atoms with Crippen molar-refractivity contribution in [3.63, 3.8) is 0 Å². The Kier molecular flexibility index (Phi) is 5.59. The molecule has 0 fully saturated rings. The summed E-state index contributed by atoms with van der Waals surface area (Å²) in [5, 5.41) is 0. The summed E-state index contributed by atoms with van der Waals surface area (Å²) in [4.78, 5) is 21.1. The van der Waals surface area contributed by atoms with Crippen molar-refractivity contribution < 1.29 is 19.1 Å². The first-order valence-electron chi connectivity index (χ1n) is 4.00. The second kappa shape index (κ2) is 6.22. The molecule has 0 aliphatic carbocycles. The van der Waals surface area contributed by atoms with Crippen molar-refractivity contribution in [1.29, 1.82) is 0 Å². The average molecular weight is 186 g/mol. The monoisotopic (exact) mass is 186 g/mol. The quantitative estimate of drug-likeness (QED) is 0.366. The maximum absolute atomic E-state index is 10.8. The van der Waals surface area contributed by atoms with Crippen molar-refractivity contribution in [1.82, 2.24) is 0 Å². The molecule has 0 aliphatic rings. The maximum Gasteiger partial charge on any atom is 0.333 e. The van der Waals surface area contributed by atoms with Crippen LogP contribution in [0.15, 0.2) is 12.2 Å². The number of esters is 2. The molecule has 0 rings (SSSR count). The fourth-order valence-corrected chi connectivity index (χ4v) is 0.563. The lowest BCUT2D eigenvalue weighted by molar-refractivity contribution is -0.142. The van der Waals surface area contributed by atoms with E-state index in [0.29, 0.717) is 12.0 Å². The predicted octanol–water partition coefficient (Wildman–Crippen LogP) is 1.06. The number of hydrogen-bond donors (Lipinski definition) is 0. The molecule has 0 saturated heterocycles. The highest BCUT2D eigenvalue weighted by molar-refractivity contribution is 5.86. The fraction of sp³-hybridized carbons (Fsp3) is 0.556. The van der Waals surface area contributed by atoms with Gasteiger partial charge >= 0.3 is 11.9 Å². The smallest absolute Gasteiger partial charge is 0.333 e. The molecule has 0 aromatic carbocycles. The maximum atomic E-state index is 10.8. The highest BCUT2D eigenvalue weighted by Gasteiger charge is 2.01. The lowest BCUT2D eigenvalue weighted by atomic mass is 10.4. The second-order valence-electron chi connectivity index (χ2n) is 2.61. The van der Waals surface area contributed by atoms with Gasteiger partial charge in [-0.1, -0.05) is 6.58 Å². The first-order chi connectivity index (χ1) is 6.04. The van der Waals surface area contributed by atoms with Crippen molar-refractivity contribution in [2.75, 3.05) is 13.2 Å². The zero-order valence-electron chi connectivity index (χ0n) is 7.96. The predicted molar refractivity (Wildman–Crippen MR) is 47.0 cm³/mol. The topological polar surface area (TPSA) is 52.6 Å². The molecule has 13 heavy (non-hydrogen) atoms. The second-order valence-corrected chi connectivity index (χ2v) is 2.61. The summed E-state index contributed by atoms with van der Waals surface area (Å²) >= 11 is 0. The third-order valence-electron chi connectivity index (χ3n) is 1.18. The summed E-state index contributed by atoms with van der Waals surface area (Å²) in [6, 6.07) is 0. The van der Waals surface area contributed by atoms with E-state index in [-0.39, 0.29) is 19.2 Å². The van der Waals surface area contributed by atoms with E-state index >= 15 is 0 Å². The molecule has 0 N–H and O–H groups in total. The van der Waals surface area contributed by atoms with Gasteiger partial charge < -0.3 is 9.47 Å². The van der Waals surface area contributed by atoms with Gasteiger partial charge in [0.1, 0.15) is 0 Å². The molecule has 0 atom stereocenters. The van der Waals surface area contributed by atoms with Crippen molar-refractivity contribution in [3.8, 4) is 0 Å². The van der Waals surface area contributed by atoms with Gasteiger partial charge in [-0.15, -0.1) is 0 Å². The number of ether oxygens (including phenoxy) is 2. The van der Waals surface area contributed by atoms with E-state index in [1.54, 1.807) is 6.92 Å². The Morgan fingerprint density at radius 1 is 1.15 bits per heavy atom. The fourth-order valence-electron chi connectivity index (χ4n) is 0.563. The Morgan fingerprint density at radius 2 is 1.69 bits per heavy atom. The van der Waals surface area contributed by atoms with E-state index in [0.717, 1.165) is 0 Å². The van der Waals surface area contributed by atoms with Gasteiger partial charge in [-0.25, -0.2) is 4.79 Å². The molecule has 0 spiro atoms. The molecule has 0 radical (unpaired) electrons. The molecular weight excluding hydrogens is 172 g/mol. The number of rotatable bonds is 5. The third kappa shape index (κ3) is 7.05. The van der Waals surface area contributed by atoms with E-state index < -0.39 is 5.97 Å². The van der Waals surface area contributed by atoms with Crippen LogP contribution in [0.25, 0.3) is 0 Å². The summed E-state index contributed by atoms with van der Waals surface area (Å²) in [6.07, 6.45) is 0.513. The minimum Gasteiger partial charge on any atom is -0.466 e. The van der Waals surface area contributed by atoms with Crippen molar-refractivity contribution in [2.24, 2.45) is 0 Å². The SMILES string of the molecule is C=C(C)C(=O)OCCCOC(C)=O. The number of carbonyl (C=O) groups is 2. The zero-order valence-corrected chi connectivity index (χ0v) is 7.96. The van der Waals surface area contributed by atoms with Crippen LogP contribution in [0.2, 0.25) is 0 Å². The van der Waals surface area contributed by atoms with Crippen LogP contribution < -0.4 is 0 Å². The molecule has 0 aliphatic heterocycles. The van der Waals surface area contributed by atoms with Crippen LogP contribution in [-0.2, 0) is 19.1 Å². The van der Waals surface area contributed by atoms with E-state index in [1.807, 2.05) is 0 Å². The molecule has 0 amide bonds. The average Bonchev–Trinajstić information content (AvgIpc) is 2.02. The van der Waals surface area contributed by atoms with Crippen LogP contribution in [0.3, 0.4) is 0 Å². The molecule has 4 nitrogen and oxygen atoms in total. The van der Waals surface area contributed by atoms with Crippen LogP contribution in [0.1, 0.15) is 20.3 Å². The van der Waals surface area contributed by atoms with E-state index in [4.69, 9.17) is 4.74 Å². The third-order valence-corrected chi connectivity index (χ3v) is 1.18. The zero-order chi connectivity index (χ0) is 10.3. The molecular formula is C9H14O4. The van der Waals surface area contributed by atoms with Gasteiger partial charge in [0, 0.05) is 18.9 Å². The van der Waals surface area contributed by atoms with E-state index in [9.17, 15) is 9.59 Å². The molecule has 0 heterocycles. The molecule has 0 aromatic heterocycles. The van der Waals surface area contributed by atoms with E-state index in [1.165, 1.54) is 6.92 Å². The summed E-state index contributed by atoms with van der Waals surface area (Å²) < 4.78 is 9.39. The largest absolute Gasteiger partial charge is 0.466 e. The Bertz CT molecular complexity index is 208. The summed E-state index contributed by atoms with van der Waals surface area (Å²) in [5.41, 5.74) is 0.368. The summed E-state index contributed by atoms with van der Waals surface area (Å²) in [5.74, 6) is -0.742. The molecule has 0 bridgehead atoms. The Balaban J connectivity index is 3.31.